The van der Waals surface area contributed by atoms with Gasteiger partial charge in [-0.3, -0.25) is 4.90 Å². The summed E-state index contributed by atoms with van der Waals surface area (Å²) in [5.41, 5.74) is 0. The molecule has 1 aliphatic carbocycles. The van der Waals surface area contributed by atoms with Crippen LogP contribution in [-0.2, 0) is 4.74 Å². The second-order valence-corrected chi connectivity index (χ2v) is 6.60. The molecule has 2 aliphatic rings. The van der Waals surface area contributed by atoms with Crippen molar-refractivity contribution in [1.29, 1.82) is 0 Å². The van der Waals surface area contributed by atoms with E-state index in [0.29, 0.717) is 12.1 Å². The summed E-state index contributed by atoms with van der Waals surface area (Å²) in [5, 5.41) is 5.94. The second-order valence-electron chi connectivity index (χ2n) is 5.62. The van der Waals surface area contributed by atoms with Crippen LogP contribution in [-0.4, -0.2) is 43.8 Å². The summed E-state index contributed by atoms with van der Waals surface area (Å²) in [4.78, 5) is 3.97. The van der Waals surface area contributed by atoms with Crippen LogP contribution in [0.3, 0.4) is 0 Å². The Kier molecular flexibility index (Phi) is 4.53. The van der Waals surface area contributed by atoms with E-state index < -0.39 is 0 Å². The first-order chi connectivity index (χ1) is 9.36. The van der Waals surface area contributed by atoms with Gasteiger partial charge in [-0.25, -0.2) is 0 Å². The molecular formula is C15H24N2OS. The highest BCUT2D eigenvalue weighted by molar-refractivity contribution is 7.10. The molecule has 1 aliphatic heterocycles. The van der Waals surface area contributed by atoms with Gasteiger partial charge in [0.2, 0.25) is 0 Å². The van der Waals surface area contributed by atoms with E-state index in [-0.39, 0.29) is 0 Å². The van der Waals surface area contributed by atoms with Gasteiger partial charge >= 0.3 is 0 Å². The molecule has 1 saturated carbocycles. The van der Waals surface area contributed by atoms with Gasteiger partial charge in [-0.2, -0.15) is 0 Å². The third-order valence-corrected chi connectivity index (χ3v) is 5.13. The molecular weight excluding hydrogens is 256 g/mol. The van der Waals surface area contributed by atoms with E-state index in [2.05, 4.69) is 34.7 Å². The topological polar surface area (TPSA) is 24.5 Å². The summed E-state index contributed by atoms with van der Waals surface area (Å²) in [7, 11) is 0. The van der Waals surface area contributed by atoms with Crippen molar-refractivity contribution in [3.63, 3.8) is 0 Å². The molecule has 0 spiro atoms. The van der Waals surface area contributed by atoms with Crippen LogP contribution in [0.1, 0.15) is 30.7 Å². The molecule has 1 N–H and O–H groups in total. The van der Waals surface area contributed by atoms with E-state index in [4.69, 9.17) is 4.74 Å². The van der Waals surface area contributed by atoms with Crippen LogP contribution >= 0.6 is 11.3 Å². The standard InChI is InChI=1S/C15H24N2OS/c1-2-17-7-8-18-13(11-17)10-16-15(12-5-6-12)14-4-3-9-19-14/h3-4,9,12-13,15-16H,2,5-8,10-11H2,1H3. The minimum atomic E-state index is 0.356. The maximum absolute atomic E-state index is 5.88. The van der Waals surface area contributed by atoms with Crippen LogP contribution in [0.15, 0.2) is 17.5 Å². The molecule has 2 unspecified atom stereocenters. The zero-order valence-corrected chi connectivity index (χ0v) is 12.5. The molecule has 1 aromatic rings. The summed E-state index contributed by atoms with van der Waals surface area (Å²) in [6, 6.07) is 4.98. The predicted octanol–water partition coefficient (Wildman–Crippen LogP) is 2.51. The van der Waals surface area contributed by atoms with Crippen molar-refractivity contribution in [2.75, 3.05) is 32.8 Å². The van der Waals surface area contributed by atoms with Crippen molar-refractivity contribution < 1.29 is 4.74 Å². The lowest BCUT2D eigenvalue weighted by Gasteiger charge is -2.33. The molecule has 0 aromatic carbocycles. The summed E-state index contributed by atoms with van der Waals surface area (Å²) in [6.07, 6.45) is 3.11. The van der Waals surface area contributed by atoms with Crippen molar-refractivity contribution in [1.82, 2.24) is 10.2 Å². The van der Waals surface area contributed by atoms with Gasteiger partial charge in [-0.15, -0.1) is 11.3 Å². The Balaban J connectivity index is 1.52. The van der Waals surface area contributed by atoms with Gasteiger partial charge in [-0.1, -0.05) is 13.0 Å². The number of ether oxygens (including phenoxy) is 1. The number of nitrogens with one attached hydrogen (secondary N) is 1. The maximum Gasteiger partial charge on any atom is 0.0826 e. The Labute approximate surface area is 119 Å². The minimum absolute atomic E-state index is 0.356. The number of nitrogens with zero attached hydrogens (tertiary/aromatic N) is 1. The van der Waals surface area contributed by atoms with E-state index in [1.807, 2.05) is 11.3 Å². The molecule has 2 atom stereocenters. The molecule has 106 valence electrons. The van der Waals surface area contributed by atoms with Gasteiger partial charge in [0, 0.05) is 30.6 Å². The average molecular weight is 280 g/mol. The average Bonchev–Trinajstić information content (AvgIpc) is 3.14. The zero-order chi connectivity index (χ0) is 13.1. The van der Waals surface area contributed by atoms with Gasteiger partial charge in [0.25, 0.3) is 0 Å². The summed E-state index contributed by atoms with van der Waals surface area (Å²) in [6.45, 7) is 7.39. The quantitative estimate of drug-likeness (QED) is 0.866. The van der Waals surface area contributed by atoms with Crippen LogP contribution < -0.4 is 5.32 Å². The Hall–Kier alpha value is -0.420. The monoisotopic (exact) mass is 280 g/mol. The molecule has 0 bridgehead atoms. The highest BCUT2D eigenvalue weighted by atomic mass is 32.1. The van der Waals surface area contributed by atoms with Crippen LogP contribution in [0.4, 0.5) is 0 Å². The lowest BCUT2D eigenvalue weighted by Crippen LogP contribution is -2.47. The lowest BCUT2D eigenvalue weighted by molar-refractivity contribution is -0.0266. The SMILES string of the molecule is CCN1CCOC(CNC(c2cccs2)C2CC2)C1. The van der Waals surface area contributed by atoms with Gasteiger partial charge in [-0.05, 0) is 36.8 Å². The molecule has 4 heteroatoms. The van der Waals surface area contributed by atoms with E-state index in [0.717, 1.165) is 38.7 Å². The van der Waals surface area contributed by atoms with Gasteiger partial charge < -0.3 is 10.1 Å². The molecule has 19 heavy (non-hydrogen) atoms. The number of hydrogen-bond acceptors (Lipinski definition) is 4. The molecule has 3 nitrogen and oxygen atoms in total. The maximum atomic E-state index is 5.88. The van der Waals surface area contributed by atoms with Crippen molar-refractivity contribution >= 4 is 11.3 Å². The Bertz CT molecular complexity index is 378. The Morgan fingerprint density at radius 3 is 3.11 bits per heavy atom. The number of rotatable bonds is 6. The van der Waals surface area contributed by atoms with Crippen LogP contribution in [0.2, 0.25) is 0 Å². The largest absolute Gasteiger partial charge is 0.374 e. The molecule has 0 radical (unpaired) electrons. The molecule has 2 fully saturated rings. The van der Waals surface area contributed by atoms with E-state index in [1.165, 1.54) is 17.7 Å². The molecule has 3 rings (SSSR count). The number of thiophene rings is 1. The lowest BCUT2D eigenvalue weighted by atomic mass is 10.1. The first-order valence-corrected chi connectivity index (χ1v) is 8.35. The van der Waals surface area contributed by atoms with Crippen molar-refractivity contribution in [2.24, 2.45) is 5.92 Å². The summed E-state index contributed by atoms with van der Waals surface area (Å²) >= 11 is 1.88. The van der Waals surface area contributed by atoms with Crippen LogP contribution in [0.25, 0.3) is 0 Å². The minimum Gasteiger partial charge on any atom is -0.374 e. The smallest absolute Gasteiger partial charge is 0.0826 e. The number of morpholine rings is 1. The Morgan fingerprint density at radius 1 is 1.53 bits per heavy atom. The summed E-state index contributed by atoms with van der Waals surface area (Å²) < 4.78 is 5.88. The third-order valence-electron chi connectivity index (χ3n) is 4.18. The first kappa shape index (κ1) is 13.6. The van der Waals surface area contributed by atoms with E-state index in [9.17, 15) is 0 Å². The fraction of sp³-hybridized carbons (Fsp3) is 0.733. The zero-order valence-electron chi connectivity index (χ0n) is 11.7. The van der Waals surface area contributed by atoms with Crippen molar-refractivity contribution in [3.8, 4) is 0 Å². The van der Waals surface area contributed by atoms with Crippen molar-refractivity contribution in [2.45, 2.75) is 31.9 Å². The van der Waals surface area contributed by atoms with Crippen LogP contribution in [0, 0.1) is 5.92 Å². The van der Waals surface area contributed by atoms with Gasteiger partial charge in [0.1, 0.15) is 0 Å². The van der Waals surface area contributed by atoms with Gasteiger partial charge in [0.05, 0.1) is 12.7 Å². The fourth-order valence-electron chi connectivity index (χ4n) is 2.85. The fourth-order valence-corrected chi connectivity index (χ4v) is 3.74. The normalized spacial score (nSPS) is 26.5. The molecule has 2 heterocycles. The Morgan fingerprint density at radius 2 is 2.42 bits per heavy atom. The number of likely N-dealkylation sites (N-methyl/N-ethyl adjacent to an activating group) is 1. The first-order valence-electron chi connectivity index (χ1n) is 7.47. The van der Waals surface area contributed by atoms with Gasteiger partial charge in [0.15, 0.2) is 0 Å². The highest BCUT2D eigenvalue weighted by Gasteiger charge is 2.33. The predicted molar refractivity (Wildman–Crippen MR) is 79.6 cm³/mol. The summed E-state index contributed by atoms with van der Waals surface area (Å²) in [5.74, 6) is 0.851. The third kappa shape index (κ3) is 3.57. The van der Waals surface area contributed by atoms with E-state index >= 15 is 0 Å². The number of hydrogen-bond donors (Lipinski definition) is 1. The van der Waals surface area contributed by atoms with Crippen LogP contribution in [0.5, 0.6) is 0 Å². The van der Waals surface area contributed by atoms with Crippen molar-refractivity contribution in [3.05, 3.63) is 22.4 Å². The molecule has 1 saturated heterocycles. The second kappa shape index (κ2) is 6.35. The van der Waals surface area contributed by atoms with E-state index in [1.54, 1.807) is 0 Å². The highest BCUT2D eigenvalue weighted by Crippen LogP contribution is 2.42. The molecule has 0 amide bonds. The molecule has 1 aromatic heterocycles.